The van der Waals surface area contributed by atoms with Crippen LogP contribution in [0.25, 0.3) is 0 Å². The summed E-state index contributed by atoms with van der Waals surface area (Å²) in [5, 5.41) is 0. The van der Waals surface area contributed by atoms with Crippen molar-refractivity contribution in [2.75, 3.05) is 13.1 Å². The van der Waals surface area contributed by atoms with Crippen LogP contribution in [0.1, 0.15) is 42.1 Å². The quantitative estimate of drug-likeness (QED) is 0.837. The first-order valence-electron chi connectivity index (χ1n) is 7.00. The molecular formula is C16H21NO2. The summed E-state index contributed by atoms with van der Waals surface area (Å²) in [6.45, 7) is 5.29. The van der Waals surface area contributed by atoms with Crippen molar-refractivity contribution in [3.8, 4) is 0 Å². The Labute approximate surface area is 114 Å². The molecule has 0 aliphatic carbocycles. The Hall–Kier alpha value is -1.64. The largest absolute Gasteiger partial charge is 0.339 e. The van der Waals surface area contributed by atoms with E-state index >= 15 is 0 Å². The lowest BCUT2D eigenvalue weighted by molar-refractivity contribution is -0.123. The summed E-state index contributed by atoms with van der Waals surface area (Å²) in [4.78, 5) is 25.9. The first kappa shape index (κ1) is 13.8. The number of hydrogen-bond donors (Lipinski definition) is 0. The number of Topliss-reactive ketones (excluding diaryl/α,β-unsaturated/α-hetero) is 1. The molecule has 0 N–H and O–H groups in total. The molecule has 1 aromatic rings. The van der Waals surface area contributed by atoms with Gasteiger partial charge in [-0.05, 0) is 31.9 Å². The summed E-state index contributed by atoms with van der Waals surface area (Å²) >= 11 is 0. The average molecular weight is 259 g/mol. The monoisotopic (exact) mass is 259 g/mol. The van der Waals surface area contributed by atoms with Crippen LogP contribution in [0.4, 0.5) is 0 Å². The van der Waals surface area contributed by atoms with Crippen LogP contribution < -0.4 is 0 Å². The third-order valence-electron chi connectivity index (χ3n) is 3.85. The van der Waals surface area contributed by atoms with Crippen molar-refractivity contribution in [2.45, 2.75) is 33.1 Å². The van der Waals surface area contributed by atoms with Crippen LogP contribution in [-0.2, 0) is 4.79 Å². The lowest BCUT2D eigenvalue weighted by Crippen LogP contribution is -2.40. The van der Waals surface area contributed by atoms with Crippen LogP contribution in [-0.4, -0.2) is 29.7 Å². The van der Waals surface area contributed by atoms with E-state index in [9.17, 15) is 9.59 Å². The molecule has 1 fully saturated rings. The fourth-order valence-corrected chi connectivity index (χ4v) is 2.65. The van der Waals surface area contributed by atoms with Crippen LogP contribution in [0.2, 0.25) is 0 Å². The number of carbonyl (C=O) groups excluding carboxylic acids is 2. The van der Waals surface area contributed by atoms with Gasteiger partial charge in [-0.1, -0.05) is 24.6 Å². The van der Waals surface area contributed by atoms with Gasteiger partial charge in [0.05, 0.1) is 0 Å². The van der Waals surface area contributed by atoms with Gasteiger partial charge < -0.3 is 4.90 Å². The van der Waals surface area contributed by atoms with Crippen molar-refractivity contribution in [1.29, 1.82) is 0 Å². The average Bonchev–Trinajstić information content (AvgIpc) is 2.46. The minimum atomic E-state index is 0.0890. The zero-order chi connectivity index (χ0) is 13.8. The van der Waals surface area contributed by atoms with E-state index in [4.69, 9.17) is 0 Å². The standard InChI is InChI=1S/C16H21NO2/c1-3-15(18)13-7-9-17(10-8-13)16(19)14-6-4-5-12(2)11-14/h4-6,11,13H,3,7-10H2,1-2H3. The van der Waals surface area contributed by atoms with E-state index in [-0.39, 0.29) is 11.8 Å². The van der Waals surface area contributed by atoms with Crippen molar-refractivity contribution in [2.24, 2.45) is 5.92 Å². The Morgan fingerprint density at radius 1 is 1.26 bits per heavy atom. The maximum Gasteiger partial charge on any atom is 0.253 e. The van der Waals surface area contributed by atoms with Gasteiger partial charge in [-0.3, -0.25) is 9.59 Å². The highest BCUT2D eigenvalue weighted by atomic mass is 16.2. The van der Waals surface area contributed by atoms with Crippen molar-refractivity contribution >= 4 is 11.7 Å². The summed E-state index contributed by atoms with van der Waals surface area (Å²) in [6, 6.07) is 7.68. The molecule has 19 heavy (non-hydrogen) atoms. The minimum Gasteiger partial charge on any atom is -0.339 e. The normalized spacial score (nSPS) is 16.4. The molecule has 0 saturated carbocycles. The van der Waals surface area contributed by atoms with Gasteiger partial charge >= 0.3 is 0 Å². The number of amides is 1. The molecule has 3 nitrogen and oxygen atoms in total. The predicted molar refractivity (Wildman–Crippen MR) is 75.1 cm³/mol. The van der Waals surface area contributed by atoms with E-state index in [0.717, 1.165) is 24.0 Å². The van der Waals surface area contributed by atoms with E-state index < -0.39 is 0 Å². The predicted octanol–water partition coefficient (Wildman–Crippen LogP) is 2.83. The first-order valence-corrected chi connectivity index (χ1v) is 7.00. The van der Waals surface area contributed by atoms with E-state index in [1.807, 2.05) is 43.0 Å². The maximum atomic E-state index is 12.3. The van der Waals surface area contributed by atoms with Gasteiger partial charge in [0.15, 0.2) is 0 Å². The highest BCUT2D eigenvalue weighted by Crippen LogP contribution is 2.21. The molecule has 0 aromatic heterocycles. The number of nitrogens with zero attached hydrogens (tertiary/aromatic N) is 1. The summed E-state index contributed by atoms with van der Waals surface area (Å²) in [5.41, 5.74) is 1.85. The highest BCUT2D eigenvalue weighted by molar-refractivity contribution is 5.94. The number of carbonyl (C=O) groups is 2. The van der Waals surface area contributed by atoms with E-state index in [0.29, 0.717) is 25.3 Å². The topological polar surface area (TPSA) is 37.4 Å². The number of ketones is 1. The zero-order valence-corrected chi connectivity index (χ0v) is 11.7. The van der Waals surface area contributed by atoms with E-state index in [1.54, 1.807) is 0 Å². The summed E-state index contributed by atoms with van der Waals surface area (Å²) in [5.74, 6) is 0.584. The molecule has 1 aromatic carbocycles. The summed E-state index contributed by atoms with van der Waals surface area (Å²) in [6.07, 6.45) is 2.23. The lowest BCUT2D eigenvalue weighted by atomic mass is 9.91. The van der Waals surface area contributed by atoms with Crippen molar-refractivity contribution < 1.29 is 9.59 Å². The van der Waals surface area contributed by atoms with E-state index in [1.165, 1.54) is 0 Å². The first-order chi connectivity index (χ1) is 9.11. The molecule has 1 aliphatic rings. The number of aryl methyl sites for hydroxylation is 1. The van der Waals surface area contributed by atoms with Gasteiger partial charge in [0, 0.05) is 31.0 Å². The highest BCUT2D eigenvalue weighted by Gasteiger charge is 2.26. The second-order valence-corrected chi connectivity index (χ2v) is 5.26. The number of piperidine rings is 1. The van der Waals surface area contributed by atoms with Gasteiger partial charge in [0.2, 0.25) is 0 Å². The maximum absolute atomic E-state index is 12.3. The van der Waals surface area contributed by atoms with Crippen molar-refractivity contribution in [3.05, 3.63) is 35.4 Å². The molecule has 2 rings (SSSR count). The molecule has 1 saturated heterocycles. The van der Waals surface area contributed by atoms with Crippen molar-refractivity contribution in [3.63, 3.8) is 0 Å². The van der Waals surface area contributed by atoms with Crippen LogP contribution in [0, 0.1) is 12.8 Å². The van der Waals surface area contributed by atoms with Gasteiger partial charge in [0.25, 0.3) is 5.91 Å². The van der Waals surface area contributed by atoms with E-state index in [2.05, 4.69) is 0 Å². The Bertz CT molecular complexity index is 473. The van der Waals surface area contributed by atoms with Crippen LogP contribution in [0.5, 0.6) is 0 Å². The molecule has 0 radical (unpaired) electrons. The molecule has 102 valence electrons. The van der Waals surface area contributed by atoms with Gasteiger partial charge in [-0.25, -0.2) is 0 Å². The smallest absolute Gasteiger partial charge is 0.253 e. The number of rotatable bonds is 3. The van der Waals surface area contributed by atoms with Gasteiger partial charge in [0.1, 0.15) is 5.78 Å². The molecule has 1 amide bonds. The molecule has 0 bridgehead atoms. The molecule has 3 heteroatoms. The Balaban J connectivity index is 1.98. The third-order valence-corrected chi connectivity index (χ3v) is 3.85. The van der Waals surface area contributed by atoms with Crippen molar-refractivity contribution in [1.82, 2.24) is 4.90 Å². The summed E-state index contributed by atoms with van der Waals surface area (Å²) < 4.78 is 0. The zero-order valence-electron chi connectivity index (χ0n) is 11.7. The fourth-order valence-electron chi connectivity index (χ4n) is 2.65. The molecule has 0 atom stereocenters. The fraction of sp³-hybridized carbons (Fsp3) is 0.500. The third kappa shape index (κ3) is 3.22. The van der Waals surface area contributed by atoms with Gasteiger partial charge in [-0.15, -0.1) is 0 Å². The minimum absolute atomic E-state index is 0.0890. The van der Waals surface area contributed by atoms with Crippen LogP contribution >= 0.6 is 0 Å². The Morgan fingerprint density at radius 3 is 2.53 bits per heavy atom. The van der Waals surface area contributed by atoms with Crippen LogP contribution in [0.15, 0.2) is 24.3 Å². The Kier molecular flexibility index (Phi) is 4.35. The summed E-state index contributed by atoms with van der Waals surface area (Å²) in [7, 11) is 0. The number of hydrogen-bond acceptors (Lipinski definition) is 2. The molecular weight excluding hydrogens is 238 g/mol. The lowest BCUT2D eigenvalue weighted by Gasteiger charge is -2.31. The van der Waals surface area contributed by atoms with Crippen LogP contribution in [0.3, 0.4) is 0 Å². The Morgan fingerprint density at radius 2 is 1.95 bits per heavy atom. The SMILES string of the molecule is CCC(=O)C1CCN(C(=O)c2cccc(C)c2)CC1. The molecule has 0 unspecified atom stereocenters. The second kappa shape index (κ2) is 6.00. The number of benzene rings is 1. The number of likely N-dealkylation sites (tertiary alicyclic amines) is 1. The van der Waals surface area contributed by atoms with Gasteiger partial charge in [-0.2, -0.15) is 0 Å². The second-order valence-electron chi connectivity index (χ2n) is 5.26. The molecule has 1 aliphatic heterocycles. The molecule has 0 spiro atoms. The molecule has 1 heterocycles.